The van der Waals surface area contributed by atoms with E-state index in [4.69, 9.17) is 17.3 Å². The predicted molar refractivity (Wildman–Crippen MR) is 64.7 cm³/mol. The Morgan fingerprint density at radius 1 is 1.47 bits per heavy atom. The van der Waals surface area contributed by atoms with Crippen molar-refractivity contribution in [3.8, 4) is 0 Å². The molecule has 1 aromatic heterocycles. The minimum absolute atomic E-state index is 0.0160. The standard InChI is InChI=1S/C11H15ClN4O/c12-7-5-14-6-15-10(7)11(17)16-9-4-2-1-3-8(9)13/h5-6,8-9H,1-4,13H2,(H,16,17)/t8-,9-/m1/s1. The van der Waals surface area contributed by atoms with Crippen LogP contribution in [0.2, 0.25) is 5.02 Å². The highest BCUT2D eigenvalue weighted by molar-refractivity contribution is 6.33. The number of rotatable bonds is 2. The molecule has 2 atom stereocenters. The minimum Gasteiger partial charge on any atom is -0.346 e. The fourth-order valence-electron chi connectivity index (χ4n) is 2.06. The third-order valence-corrected chi connectivity index (χ3v) is 3.30. The lowest BCUT2D eigenvalue weighted by atomic mass is 9.91. The molecule has 0 saturated heterocycles. The Labute approximate surface area is 105 Å². The number of nitrogens with two attached hydrogens (primary N) is 1. The zero-order chi connectivity index (χ0) is 12.3. The molecular formula is C11H15ClN4O. The molecule has 1 heterocycles. The van der Waals surface area contributed by atoms with E-state index in [1.807, 2.05) is 0 Å². The lowest BCUT2D eigenvalue weighted by molar-refractivity contribution is 0.0916. The summed E-state index contributed by atoms with van der Waals surface area (Å²) in [5.41, 5.74) is 6.17. The molecule has 3 N–H and O–H groups in total. The fourth-order valence-corrected chi connectivity index (χ4v) is 2.25. The van der Waals surface area contributed by atoms with E-state index in [2.05, 4.69) is 15.3 Å². The number of hydrogen-bond donors (Lipinski definition) is 2. The molecule has 0 aliphatic heterocycles. The van der Waals surface area contributed by atoms with Crippen LogP contribution in [0.3, 0.4) is 0 Å². The second-order valence-electron chi connectivity index (χ2n) is 4.25. The van der Waals surface area contributed by atoms with Gasteiger partial charge < -0.3 is 11.1 Å². The molecule has 0 radical (unpaired) electrons. The summed E-state index contributed by atoms with van der Waals surface area (Å²) in [4.78, 5) is 19.6. The summed E-state index contributed by atoms with van der Waals surface area (Å²) in [5.74, 6) is -0.278. The van der Waals surface area contributed by atoms with Crippen LogP contribution < -0.4 is 11.1 Å². The average Bonchev–Trinajstić information content (AvgIpc) is 2.32. The number of carbonyl (C=O) groups is 1. The van der Waals surface area contributed by atoms with Gasteiger partial charge >= 0.3 is 0 Å². The van der Waals surface area contributed by atoms with Crippen molar-refractivity contribution < 1.29 is 4.79 Å². The molecule has 17 heavy (non-hydrogen) atoms. The molecule has 1 aliphatic carbocycles. The van der Waals surface area contributed by atoms with Gasteiger partial charge in [-0.05, 0) is 12.8 Å². The fraction of sp³-hybridized carbons (Fsp3) is 0.545. The van der Waals surface area contributed by atoms with Gasteiger partial charge in [0.05, 0.1) is 5.02 Å². The largest absolute Gasteiger partial charge is 0.346 e. The Morgan fingerprint density at radius 3 is 2.94 bits per heavy atom. The van der Waals surface area contributed by atoms with Gasteiger partial charge in [0.1, 0.15) is 12.0 Å². The average molecular weight is 255 g/mol. The molecule has 1 fully saturated rings. The Hall–Kier alpha value is -1.20. The maximum atomic E-state index is 11.9. The van der Waals surface area contributed by atoms with E-state index < -0.39 is 0 Å². The van der Waals surface area contributed by atoms with Crippen molar-refractivity contribution in [1.29, 1.82) is 0 Å². The molecule has 5 nitrogen and oxygen atoms in total. The van der Waals surface area contributed by atoms with Crippen LogP contribution in [0.5, 0.6) is 0 Å². The van der Waals surface area contributed by atoms with Crippen molar-refractivity contribution in [2.24, 2.45) is 5.73 Å². The first-order valence-corrected chi connectivity index (χ1v) is 6.08. The third-order valence-electron chi connectivity index (χ3n) is 3.02. The third kappa shape index (κ3) is 2.92. The molecule has 1 amide bonds. The molecule has 2 rings (SSSR count). The van der Waals surface area contributed by atoms with E-state index in [1.54, 1.807) is 0 Å². The highest BCUT2D eigenvalue weighted by atomic mass is 35.5. The number of carbonyl (C=O) groups excluding carboxylic acids is 1. The van der Waals surface area contributed by atoms with Gasteiger partial charge in [-0.25, -0.2) is 9.97 Å². The van der Waals surface area contributed by atoms with Crippen molar-refractivity contribution >= 4 is 17.5 Å². The van der Waals surface area contributed by atoms with Crippen LogP contribution >= 0.6 is 11.6 Å². The van der Waals surface area contributed by atoms with Crippen LogP contribution in [0.1, 0.15) is 36.2 Å². The first-order chi connectivity index (χ1) is 8.18. The first-order valence-electron chi connectivity index (χ1n) is 5.70. The monoisotopic (exact) mass is 254 g/mol. The number of halogens is 1. The first kappa shape index (κ1) is 12.3. The van der Waals surface area contributed by atoms with E-state index in [-0.39, 0.29) is 28.7 Å². The van der Waals surface area contributed by atoms with Gasteiger partial charge in [-0.15, -0.1) is 0 Å². The molecule has 1 saturated carbocycles. The number of nitrogens with zero attached hydrogens (tertiary/aromatic N) is 2. The number of amides is 1. The predicted octanol–water partition coefficient (Wildman–Crippen LogP) is 1.13. The van der Waals surface area contributed by atoms with Crippen LogP contribution in [0.25, 0.3) is 0 Å². The Kier molecular flexibility index (Phi) is 3.91. The van der Waals surface area contributed by atoms with Gasteiger partial charge in [0, 0.05) is 18.3 Å². The van der Waals surface area contributed by atoms with Crippen LogP contribution in [-0.2, 0) is 0 Å². The topological polar surface area (TPSA) is 80.9 Å². The van der Waals surface area contributed by atoms with Crippen LogP contribution in [0.4, 0.5) is 0 Å². The van der Waals surface area contributed by atoms with Crippen LogP contribution in [0, 0.1) is 0 Å². The van der Waals surface area contributed by atoms with Crippen LogP contribution in [-0.4, -0.2) is 28.0 Å². The smallest absolute Gasteiger partial charge is 0.271 e. The zero-order valence-corrected chi connectivity index (χ0v) is 10.2. The highest BCUT2D eigenvalue weighted by Gasteiger charge is 2.24. The molecule has 92 valence electrons. The Bertz CT molecular complexity index is 412. The molecule has 0 spiro atoms. The SMILES string of the molecule is N[C@@H]1CCCC[C@H]1NC(=O)c1ncncc1Cl. The van der Waals surface area contributed by atoms with Gasteiger partial charge in [-0.3, -0.25) is 4.79 Å². The normalized spacial score (nSPS) is 24.4. The summed E-state index contributed by atoms with van der Waals surface area (Å²) in [6, 6.07) is 0.0376. The lowest BCUT2D eigenvalue weighted by Gasteiger charge is -2.29. The Balaban J connectivity index is 2.04. The van der Waals surface area contributed by atoms with Gasteiger partial charge in [-0.1, -0.05) is 24.4 Å². The van der Waals surface area contributed by atoms with Gasteiger partial charge in [0.2, 0.25) is 0 Å². The summed E-state index contributed by atoms with van der Waals surface area (Å²) >= 11 is 5.86. The lowest BCUT2D eigenvalue weighted by Crippen LogP contribution is -2.49. The zero-order valence-electron chi connectivity index (χ0n) is 9.40. The maximum Gasteiger partial charge on any atom is 0.271 e. The van der Waals surface area contributed by atoms with Crippen molar-refractivity contribution in [3.63, 3.8) is 0 Å². The highest BCUT2D eigenvalue weighted by Crippen LogP contribution is 2.18. The number of hydrogen-bond acceptors (Lipinski definition) is 4. The number of aromatic nitrogens is 2. The van der Waals surface area contributed by atoms with Crippen molar-refractivity contribution in [1.82, 2.24) is 15.3 Å². The quantitative estimate of drug-likeness (QED) is 0.829. The molecule has 0 unspecified atom stereocenters. The van der Waals surface area contributed by atoms with Gasteiger partial charge in [-0.2, -0.15) is 0 Å². The molecular weight excluding hydrogens is 240 g/mol. The number of nitrogens with one attached hydrogen (secondary N) is 1. The van der Waals surface area contributed by atoms with Crippen LogP contribution in [0.15, 0.2) is 12.5 Å². The summed E-state index contributed by atoms with van der Waals surface area (Å²) in [5, 5.41) is 3.15. The molecule has 0 bridgehead atoms. The molecule has 0 aromatic carbocycles. The molecule has 6 heteroatoms. The van der Waals surface area contributed by atoms with E-state index in [9.17, 15) is 4.79 Å². The van der Waals surface area contributed by atoms with E-state index in [0.717, 1.165) is 25.7 Å². The summed E-state index contributed by atoms with van der Waals surface area (Å²) in [6.45, 7) is 0. The van der Waals surface area contributed by atoms with Gasteiger partial charge in [0.15, 0.2) is 0 Å². The maximum absolute atomic E-state index is 11.9. The van der Waals surface area contributed by atoms with E-state index >= 15 is 0 Å². The van der Waals surface area contributed by atoms with Crippen molar-refractivity contribution in [3.05, 3.63) is 23.2 Å². The van der Waals surface area contributed by atoms with Crippen molar-refractivity contribution in [2.45, 2.75) is 37.8 Å². The second-order valence-corrected chi connectivity index (χ2v) is 4.65. The van der Waals surface area contributed by atoms with Crippen molar-refractivity contribution in [2.75, 3.05) is 0 Å². The van der Waals surface area contributed by atoms with Gasteiger partial charge in [0.25, 0.3) is 5.91 Å². The summed E-state index contributed by atoms with van der Waals surface area (Å²) in [6.07, 6.45) is 6.79. The minimum atomic E-state index is -0.278. The molecule has 1 aromatic rings. The summed E-state index contributed by atoms with van der Waals surface area (Å²) in [7, 11) is 0. The Morgan fingerprint density at radius 2 is 2.24 bits per heavy atom. The second kappa shape index (κ2) is 5.42. The summed E-state index contributed by atoms with van der Waals surface area (Å²) < 4.78 is 0. The van der Waals surface area contributed by atoms with E-state index in [1.165, 1.54) is 12.5 Å². The molecule has 1 aliphatic rings. The van der Waals surface area contributed by atoms with E-state index in [0.29, 0.717) is 0 Å².